The van der Waals surface area contributed by atoms with E-state index in [1.54, 1.807) is 18.2 Å². The summed E-state index contributed by atoms with van der Waals surface area (Å²) in [7, 11) is 1.83. The molecule has 1 heterocycles. The summed E-state index contributed by atoms with van der Waals surface area (Å²) in [5, 5.41) is 23.0. The highest BCUT2D eigenvalue weighted by Gasteiger charge is 2.21. The molecule has 0 aliphatic carbocycles. The first kappa shape index (κ1) is 27.1. The van der Waals surface area contributed by atoms with E-state index in [-0.39, 0.29) is 17.7 Å². The van der Waals surface area contributed by atoms with Crippen molar-refractivity contribution in [2.45, 2.75) is 13.3 Å². The molecule has 7 nitrogen and oxygen atoms in total. The lowest BCUT2D eigenvalue weighted by Crippen LogP contribution is -2.24. The Morgan fingerprint density at radius 3 is 2.27 bits per heavy atom. The van der Waals surface area contributed by atoms with E-state index in [2.05, 4.69) is 34.0 Å². The average molecular weight is 644 g/mol. The van der Waals surface area contributed by atoms with Gasteiger partial charge in [-0.2, -0.15) is 0 Å². The third-order valence-electron chi connectivity index (χ3n) is 6.80. The van der Waals surface area contributed by atoms with Gasteiger partial charge in [0.2, 0.25) is 5.78 Å². The number of benzene rings is 4. The second-order valence-corrected chi connectivity index (χ2v) is 10.7. The van der Waals surface area contributed by atoms with Gasteiger partial charge in [-0.3, -0.25) is 9.59 Å². The monoisotopic (exact) mass is 644 g/mol. The number of hydrogen-bond acceptors (Lipinski definition) is 4. The second kappa shape index (κ2) is 11.0. The molecule has 4 aromatic carbocycles. The number of amides is 1. The van der Waals surface area contributed by atoms with E-state index < -0.39 is 17.7 Å². The molecule has 1 amide bonds. The molecule has 5 rings (SSSR count). The van der Waals surface area contributed by atoms with Crippen molar-refractivity contribution in [3.05, 3.63) is 105 Å². The maximum atomic E-state index is 12.8. The number of rotatable bonds is 7. The minimum atomic E-state index is -1.21. The van der Waals surface area contributed by atoms with Crippen LogP contribution in [0, 0.1) is 10.5 Å². The van der Waals surface area contributed by atoms with E-state index in [1.165, 1.54) is 12.1 Å². The van der Waals surface area contributed by atoms with Gasteiger partial charge in [-0.15, -0.1) is 0 Å². The number of anilines is 1. The van der Waals surface area contributed by atoms with Gasteiger partial charge in [0.25, 0.3) is 5.91 Å². The van der Waals surface area contributed by atoms with Crippen molar-refractivity contribution >= 4 is 56.8 Å². The molecule has 0 saturated carbocycles. The lowest BCUT2D eigenvalue weighted by atomic mass is 10.0. The number of carbonyl (C=O) groups excluding carboxylic acids is 2. The van der Waals surface area contributed by atoms with Crippen LogP contribution in [-0.2, 0) is 23.1 Å². The number of aromatic hydroxyl groups is 1. The zero-order valence-electron chi connectivity index (χ0n) is 21.7. The number of carboxylic acids is 1. The van der Waals surface area contributed by atoms with Crippen LogP contribution in [0.5, 0.6) is 5.75 Å². The number of phenols is 1. The normalized spacial score (nSPS) is 11.0. The number of Topliss-reactive ketones (excluding diaryl/α,β-unsaturated/α-hetero) is 1. The molecule has 200 valence electrons. The van der Waals surface area contributed by atoms with Crippen molar-refractivity contribution in [2.75, 3.05) is 5.32 Å². The number of carbonyl (C=O) groups is 3. The number of ketones is 1. The van der Waals surface area contributed by atoms with Crippen molar-refractivity contribution in [1.29, 1.82) is 0 Å². The third-order valence-corrected chi connectivity index (χ3v) is 7.89. The Kier molecular flexibility index (Phi) is 7.44. The fraction of sp³-hybridized carbons (Fsp3) is 0.0938. The number of nitrogens with zero attached hydrogens (tertiary/aromatic N) is 1. The highest BCUT2D eigenvalue weighted by molar-refractivity contribution is 14.1. The lowest BCUT2D eigenvalue weighted by Gasteiger charge is -2.09. The van der Waals surface area contributed by atoms with Crippen molar-refractivity contribution in [3.8, 4) is 28.1 Å². The van der Waals surface area contributed by atoms with Gasteiger partial charge in [0, 0.05) is 34.2 Å². The van der Waals surface area contributed by atoms with Crippen LogP contribution in [0.15, 0.2) is 84.9 Å². The third kappa shape index (κ3) is 5.35. The average Bonchev–Trinajstić information content (AvgIpc) is 3.17. The number of aromatic carboxylic acids is 1. The quantitative estimate of drug-likeness (QED) is 0.137. The summed E-state index contributed by atoms with van der Waals surface area (Å²) in [5.74, 6) is -2.77. The molecule has 3 N–H and O–H groups in total. The van der Waals surface area contributed by atoms with E-state index in [1.807, 2.05) is 67.1 Å². The fourth-order valence-corrected chi connectivity index (χ4v) is 5.89. The highest BCUT2D eigenvalue weighted by Crippen LogP contribution is 2.37. The number of carboxylic acid groups (broad SMARTS) is 1. The van der Waals surface area contributed by atoms with Gasteiger partial charge >= 0.3 is 5.97 Å². The molecular formula is C32H25IN2O5. The lowest BCUT2D eigenvalue weighted by molar-refractivity contribution is -0.134. The second-order valence-electron chi connectivity index (χ2n) is 9.61. The van der Waals surface area contributed by atoms with Crippen molar-refractivity contribution < 1.29 is 24.6 Å². The van der Waals surface area contributed by atoms with E-state index in [0.717, 1.165) is 31.5 Å². The Bertz CT molecular complexity index is 1800. The van der Waals surface area contributed by atoms with Crippen LogP contribution in [0.1, 0.15) is 21.5 Å². The van der Waals surface area contributed by atoms with Gasteiger partial charge in [0.05, 0.1) is 11.2 Å². The molecule has 0 radical (unpaired) electrons. The Labute approximate surface area is 244 Å². The molecule has 1 aromatic heterocycles. The number of hydrogen-bond donors (Lipinski definition) is 3. The van der Waals surface area contributed by atoms with Gasteiger partial charge in [0.15, 0.2) is 0 Å². The van der Waals surface area contributed by atoms with E-state index in [4.69, 9.17) is 0 Å². The van der Waals surface area contributed by atoms with Crippen molar-refractivity contribution in [3.63, 3.8) is 0 Å². The molecule has 0 bridgehead atoms. The van der Waals surface area contributed by atoms with Crippen LogP contribution in [0.4, 0.5) is 5.69 Å². The van der Waals surface area contributed by atoms with Crippen LogP contribution in [-0.4, -0.2) is 32.4 Å². The summed E-state index contributed by atoms with van der Waals surface area (Å²) < 4.78 is 2.68. The SMILES string of the molecule is Cc1cccc(-c2ccc(NC(=O)C(=O)Cc3cccc(-c4c(I)c5cc(C(=O)O)c(O)cc5n4C)c3)cc2)c1. The first-order valence-electron chi connectivity index (χ1n) is 12.5. The number of aromatic nitrogens is 1. The van der Waals surface area contributed by atoms with Crippen molar-refractivity contribution in [2.24, 2.45) is 7.05 Å². The maximum absolute atomic E-state index is 12.8. The molecule has 0 fully saturated rings. The zero-order valence-corrected chi connectivity index (χ0v) is 23.9. The van der Waals surface area contributed by atoms with Crippen LogP contribution in [0.25, 0.3) is 33.3 Å². The van der Waals surface area contributed by atoms with Crippen LogP contribution < -0.4 is 5.32 Å². The van der Waals surface area contributed by atoms with Gasteiger partial charge in [-0.05, 0) is 76.0 Å². The minimum absolute atomic E-state index is 0.0779. The van der Waals surface area contributed by atoms with Crippen molar-refractivity contribution in [1.82, 2.24) is 4.57 Å². The van der Waals surface area contributed by atoms with Crippen LogP contribution in [0.2, 0.25) is 0 Å². The summed E-state index contributed by atoms with van der Waals surface area (Å²) >= 11 is 2.16. The molecule has 0 atom stereocenters. The molecule has 0 aliphatic heterocycles. The first-order valence-corrected chi connectivity index (χ1v) is 13.5. The molecule has 0 unspecified atom stereocenters. The standard InChI is InChI=1S/C32H25IN2O5/c1-18-5-3-7-21(13-18)20-9-11-23(12-10-20)34-31(38)28(37)15-19-6-4-8-22(14-19)30-29(33)24-16-25(32(39)40)27(36)17-26(24)35(30)2/h3-14,16-17,36H,15H2,1-2H3,(H,34,38)(H,39,40). The summed E-state index contributed by atoms with van der Waals surface area (Å²) in [6, 6.07) is 25.7. The molecule has 0 aliphatic rings. The molecule has 40 heavy (non-hydrogen) atoms. The molecule has 0 spiro atoms. The topological polar surface area (TPSA) is 109 Å². The van der Waals surface area contributed by atoms with E-state index in [9.17, 15) is 24.6 Å². The smallest absolute Gasteiger partial charge is 0.339 e. The van der Waals surface area contributed by atoms with Gasteiger partial charge < -0.3 is 20.1 Å². The van der Waals surface area contributed by atoms with Crippen LogP contribution >= 0.6 is 22.6 Å². The summed E-state index contributed by atoms with van der Waals surface area (Å²) in [5.41, 5.74) is 6.58. The number of nitrogens with one attached hydrogen (secondary N) is 1. The highest BCUT2D eigenvalue weighted by atomic mass is 127. The predicted molar refractivity (Wildman–Crippen MR) is 164 cm³/mol. The Morgan fingerprint density at radius 1 is 0.875 bits per heavy atom. The zero-order chi connectivity index (χ0) is 28.6. The summed E-state index contributed by atoms with van der Waals surface area (Å²) in [4.78, 5) is 37.0. The molecule has 0 saturated heterocycles. The first-order chi connectivity index (χ1) is 19.1. The summed E-state index contributed by atoms with van der Waals surface area (Å²) in [6.45, 7) is 2.03. The minimum Gasteiger partial charge on any atom is -0.507 e. The number of aryl methyl sites for hydroxylation is 2. The van der Waals surface area contributed by atoms with E-state index >= 15 is 0 Å². The Morgan fingerprint density at radius 2 is 1.57 bits per heavy atom. The number of fused-ring (bicyclic) bond motifs is 1. The Balaban J connectivity index is 1.33. The van der Waals surface area contributed by atoms with Gasteiger partial charge in [-0.25, -0.2) is 4.79 Å². The van der Waals surface area contributed by atoms with E-state index in [0.29, 0.717) is 22.2 Å². The molecule has 5 aromatic rings. The number of halogens is 1. The summed E-state index contributed by atoms with van der Waals surface area (Å²) in [6.07, 6.45) is -0.0779. The van der Waals surface area contributed by atoms with Gasteiger partial charge in [0.1, 0.15) is 11.3 Å². The largest absolute Gasteiger partial charge is 0.507 e. The predicted octanol–water partition coefficient (Wildman–Crippen LogP) is 6.58. The Hall–Kier alpha value is -4.44. The molecular weight excluding hydrogens is 619 g/mol. The molecule has 8 heteroatoms. The van der Waals surface area contributed by atoms with Gasteiger partial charge in [-0.1, -0.05) is 60.2 Å². The maximum Gasteiger partial charge on any atom is 0.339 e. The fourth-order valence-electron chi connectivity index (χ4n) is 4.78. The van der Waals surface area contributed by atoms with Crippen LogP contribution in [0.3, 0.4) is 0 Å².